The molecule has 0 saturated heterocycles. The molecule has 0 aromatic heterocycles. The summed E-state index contributed by atoms with van der Waals surface area (Å²) in [6.45, 7) is 0. The standard InChI is InChI=1S/C22H17ClN4O5/c23-14-6-8-15(9-7-14)25-20(30)17-3-1-2-4-18(17)26-21(31)22(32)27-24-12-13-5-10-16(28)11-19(13)29/h1-12,28-29H,(H,25,30)(H,26,31)(H,27,32)/b24-12+. The molecule has 3 aromatic carbocycles. The molecule has 5 N–H and O–H groups in total. The Balaban J connectivity index is 1.64. The van der Waals surface area contributed by atoms with Crippen LogP contribution in [0.1, 0.15) is 15.9 Å². The van der Waals surface area contributed by atoms with Gasteiger partial charge >= 0.3 is 11.8 Å². The van der Waals surface area contributed by atoms with Crippen LogP contribution in [-0.4, -0.2) is 34.1 Å². The van der Waals surface area contributed by atoms with Gasteiger partial charge in [0, 0.05) is 22.3 Å². The second-order valence-corrected chi connectivity index (χ2v) is 6.84. The average molecular weight is 453 g/mol. The number of phenols is 2. The fourth-order valence-corrected chi connectivity index (χ4v) is 2.68. The number of phenolic OH excluding ortho intramolecular Hbond substituents is 2. The number of hydrazone groups is 1. The van der Waals surface area contributed by atoms with Crippen molar-refractivity contribution in [2.24, 2.45) is 5.10 Å². The van der Waals surface area contributed by atoms with Crippen molar-refractivity contribution in [2.75, 3.05) is 10.6 Å². The van der Waals surface area contributed by atoms with E-state index >= 15 is 0 Å². The normalized spacial score (nSPS) is 10.5. The van der Waals surface area contributed by atoms with Gasteiger partial charge in [0.25, 0.3) is 5.91 Å². The Morgan fingerprint density at radius 1 is 0.875 bits per heavy atom. The third-order valence-corrected chi connectivity index (χ3v) is 4.36. The summed E-state index contributed by atoms with van der Waals surface area (Å²) in [6, 6.07) is 16.4. The monoisotopic (exact) mass is 452 g/mol. The van der Waals surface area contributed by atoms with Crippen LogP contribution < -0.4 is 16.1 Å². The fourth-order valence-electron chi connectivity index (χ4n) is 2.55. The van der Waals surface area contributed by atoms with Crippen LogP contribution in [0.5, 0.6) is 11.5 Å². The summed E-state index contributed by atoms with van der Waals surface area (Å²) in [6.07, 6.45) is 1.10. The minimum absolute atomic E-state index is 0.124. The number of nitrogens with zero attached hydrogens (tertiary/aromatic N) is 1. The van der Waals surface area contributed by atoms with Crippen molar-refractivity contribution in [1.29, 1.82) is 0 Å². The molecule has 0 heterocycles. The molecule has 3 rings (SSSR count). The van der Waals surface area contributed by atoms with Gasteiger partial charge < -0.3 is 20.8 Å². The van der Waals surface area contributed by atoms with Gasteiger partial charge in [0.2, 0.25) is 0 Å². The molecule has 10 heteroatoms. The van der Waals surface area contributed by atoms with Crippen molar-refractivity contribution < 1.29 is 24.6 Å². The van der Waals surface area contributed by atoms with E-state index in [1.54, 1.807) is 36.4 Å². The van der Waals surface area contributed by atoms with Gasteiger partial charge in [-0.2, -0.15) is 5.10 Å². The predicted molar refractivity (Wildman–Crippen MR) is 120 cm³/mol. The fraction of sp³-hybridized carbons (Fsp3) is 0. The van der Waals surface area contributed by atoms with Crippen LogP contribution in [0.2, 0.25) is 5.02 Å². The van der Waals surface area contributed by atoms with Crippen molar-refractivity contribution in [3.8, 4) is 11.5 Å². The Morgan fingerprint density at radius 3 is 2.31 bits per heavy atom. The molecule has 0 saturated carbocycles. The highest BCUT2D eigenvalue weighted by Gasteiger charge is 2.18. The highest BCUT2D eigenvalue weighted by molar-refractivity contribution is 6.40. The van der Waals surface area contributed by atoms with Crippen molar-refractivity contribution in [3.05, 3.63) is 82.9 Å². The third-order valence-electron chi connectivity index (χ3n) is 4.11. The molecule has 0 aliphatic carbocycles. The number of carbonyl (C=O) groups is 3. The van der Waals surface area contributed by atoms with E-state index in [0.717, 1.165) is 12.3 Å². The molecule has 3 amide bonds. The molecular weight excluding hydrogens is 436 g/mol. The van der Waals surface area contributed by atoms with Crippen molar-refractivity contribution in [2.45, 2.75) is 0 Å². The maximum absolute atomic E-state index is 12.6. The zero-order valence-corrected chi connectivity index (χ0v) is 17.1. The number of hydrogen-bond donors (Lipinski definition) is 5. The Hall–Kier alpha value is -4.37. The first-order valence-corrected chi connectivity index (χ1v) is 9.53. The lowest BCUT2D eigenvalue weighted by Crippen LogP contribution is -2.33. The van der Waals surface area contributed by atoms with E-state index in [1.807, 2.05) is 5.43 Å². The summed E-state index contributed by atoms with van der Waals surface area (Å²) in [5.74, 6) is -3.03. The molecule has 0 fully saturated rings. The highest BCUT2D eigenvalue weighted by atomic mass is 35.5. The lowest BCUT2D eigenvalue weighted by Gasteiger charge is -2.11. The molecule has 0 bridgehead atoms. The Morgan fingerprint density at radius 2 is 1.59 bits per heavy atom. The van der Waals surface area contributed by atoms with Gasteiger partial charge in [-0.05, 0) is 48.5 Å². The Bertz CT molecular complexity index is 1200. The summed E-state index contributed by atoms with van der Waals surface area (Å²) in [5, 5.41) is 28.1. The van der Waals surface area contributed by atoms with Gasteiger partial charge in [0.05, 0.1) is 17.5 Å². The number of amides is 3. The third kappa shape index (κ3) is 5.83. The van der Waals surface area contributed by atoms with E-state index in [4.69, 9.17) is 11.6 Å². The number of nitrogens with one attached hydrogen (secondary N) is 3. The van der Waals surface area contributed by atoms with Crippen LogP contribution in [0.15, 0.2) is 71.8 Å². The van der Waals surface area contributed by atoms with Gasteiger partial charge in [-0.1, -0.05) is 23.7 Å². The van der Waals surface area contributed by atoms with E-state index < -0.39 is 17.7 Å². The number of rotatable bonds is 5. The first kappa shape index (κ1) is 22.3. The van der Waals surface area contributed by atoms with Crippen LogP contribution >= 0.6 is 11.6 Å². The van der Waals surface area contributed by atoms with Crippen molar-refractivity contribution >= 4 is 46.9 Å². The average Bonchev–Trinajstić information content (AvgIpc) is 2.77. The number of hydrogen-bond acceptors (Lipinski definition) is 6. The molecular formula is C22H17ClN4O5. The smallest absolute Gasteiger partial charge is 0.329 e. The lowest BCUT2D eigenvalue weighted by atomic mass is 10.1. The number of aromatic hydroxyl groups is 2. The zero-order valence-electron chi connectivity index (χ0n) is 16.4. The number of benzene rings is 3. The summed E-state index contributed by atoms with van der Waals surface area (Å²) in [5.41, 5.74) is 3.00. The second-order valence-electron chi connectivity index (χ2n) is 6.40. The van der Waals surface area contributed by atoms with E-state index in [1.165, 1.54) is 24.3 Å². The maximum atomic E-state index is 12.6. The first-order valence-electron chi connectivity index (χ1n) is 9.16. The number of para-hydroxylation sites is 1. The Kier molecular flexibility index (Phi) is 7.04. The Labute approximate surface area is 187 Å². The quantitative estimate of drug-likeness (QED) is 0.230. The summed E-state index contributed by atoms with van der Waals surface area (Å²) < 4.78 is 0. The molecule has 32 heavy (non-hydrogen) atoms. The van der Waals surface area contributed by atoms with Crippen LogP contribution in [0.25, 0.3) is 0 Å². The number of carbonyl (C=O) groups excluding carboxylic acids is 3. The van der Waals surface area contributed by atoms with Crippen LogP contribution in [0.4, 0.5) is 11.4 Å². The SMILES string of the molecule is O=C(N/N=C/c1ccc(O)cc1O)C(=O)Nc1ccccc1C(=O)Nc1ccc(Cl)cc1. The molecule has 0 atom stereocenters. The van der Waals surface area contributed by atoms with Gasteiger partial charge in [-0.3, -0.25) is 14.4 Å². The number of anilines is 2. The summed E-state index contributed by atoms with van der Waals surface area (Å²) >= 11 is 5.83. The lowest BCUT2D eigenvalue weighted by molar-refractivity contribution is -0.136. The molecule has 9 nitrogen and oxygen atoms in total. The molecule has 162 valence electrons. The minimum atomic E-state index is -1.09. The van der Waals surface area contributed by atoms with Gasteiger partial charge in [-0.25, -0.2) is 5.43 Å². The highest BCUT2D eigenvalue weighted by Crippen LogP contribution is 2.21. The van der Waals surface area contributed by atoms with Crippen molar-refractivity contribution in [3.63, 3.8) is 0 Å². The van der Waals surface area contributed by atoms with Crippen LogP contribution in [0, 0.1) is 0 Å². The predicted octanol–water partition coefficient (Wildman–Crippen LogP) is 3.09. The maximum Gasteiger partial charge on any atom is 0.329 e. The van der Waals surface area contributed by atoms with Crippen molar-refractivity contribution in [1.82, 2.24) is 5.43 Å². The first-order chi connectivity index (χ1) is 15.3. The second kappa shape index (κ2) is 10.1. The van der Waals surface area contributed by atoms with E-state index in [9.17, 15) is 24.6 Å². The van der Waals surface area contributed by atoms with Crippen LogP contribution in [0.3, 0.4) is 0 Å². The van der Waals surface area contributed by atoms with Gasteiger partial charge in [0.15, 0.2) is 0 Å². The van der Waals surface area contributed by atoms with E-state index in [2.05, 4.69) is 15.7 Å². The van der Waals surface area contributed by atoms with Gasteiger partial charge in [0.1, 0.15) is 11.5 Å². The van der Waals surface area contributed by atoms with E-state index in [0.29, 0.717) is 10.7 Å². The van der Waals surface area contributed by atoms with Gasteiger partial charge in [-0.15, -0.1) is 0 Å². The topological polar surface area (TPSA) is 140 Å². The van der Waals surface area contributed by atoms with Crippen LogP contribution in [-0.2, 0) is 9.59 Å². The summed E-state index contributed by atoms with van der Waals surface area (Å²) in [7, 11) is 0. The number of halogens is 1. The largest absolute Gasteiger partial charge is 0.508 e. The molecule has 0 aliphatic heterocycles. The molecule has 3 aromatic rings. The molecule has 0 unspecified atom stereocenters. The molecule has 0 aliphatic rings. The minimum Gasteiger partial charge on any atom is -0.508 e. The van der Waals surface area contributed by atoms with E-state index in [-0.39, 0.29) is 28.3 Å². The molecule has 0 radical (unpaired) electrons. The zero-order chi connectivity index (χ0) is 23.1. The summed E-state index contributed by atoms with van der Waals surface area (Å²) in [4.78, 5) is 36.8. The molecule has 0 spiro atoms.